The van der Waals surface area contributed by atoms with Gasteiger partial charge in [-0.2, -0.15) is 0 Å². The van der Waals surface area contributed by atoms with Crippen LogP contribution < -0.4 is 4.72 Å². The van der Waals surface area contributed by atoms with Gasteiger partial charge < -0.3 is 14.4 Å². The zero-order valence-corrected chi connectivity index (χ0v) is 12.2. The van der Waals surface area contributed by atoms with Crippen LogP contribution in [0, 0.1) is 0 Å². The first-order chi connectivity index (χ1) is 9.19. The molecule has 0 atom stereocenters. The normalized spacial score (nSPS) is 10.7. The molecule has 0 aliphatic rings. The van der Waals surface area contributed by atoms with Gasteiger partial charge in [0.2, 0.25) is 0 Å². The van der Waals surface area contributed by atoms with Crippen molar-refractivity contribution in [2.75, 3.05) is 17.6 Å². The summed E-state index contributed by atoms with van der Waals surface area (Å²) in [6, 6.07) is 5.98. The summed E-state index contributed by atoms with van der Waals surface area (Å²) >= 11 is 1.56. The first kappa shape index (κ1) is 13.8. The number of aromatic nitrogens is 1. The smallest absolute Gasteiger partial charge is 0.354 e. The molecule has 5 heteroatoms. The van der Waals surface area contributed by atoms with Gasteiger partial charge >= 0.3 is 5.97 Å². The molecule has 2 aromatic rings. The number of ether oxygens (including phenoxy) is 1. The van der Waals surface area contributed by atoms with Crippen molar-refractivity contribution in [2.24, 2.45) is 0 Å². The molecule has 1 aromatic carbocycles. The van der Waals surface area contributed by atoms with Gasteiger partial charge in [-0.3, -0.25) is 0 Å². The first-order valence-electron chi connectivity index (χ1n) is 6.31. The van der Waals surface area contributed by atoms with E-state index in [-0.39, 0.29) is 5.97 Å². The van der Waals surface area contributed by atoms with Crippen LogP contribution in [0.25, 0.3) is 10.9 Å². The number of nitrogens with one attached hydrogen (secondary N) is 2. The van der Waals surface area contributed by atoms with Crippen molar-refractivity contribution in [1.82, 2.24) is 4.98 Å². The average molecular weight is 278 g/mol. The number of hydrogen-bond acceptors (Lipinski definition) is 4. The number of aryl methyl sites for hydroxylation is 1. The molecule has 0 aliphatic heterocycles. The number of esters is 1. The molecule has 102 valence electrons. The van der Waals surface area contributed by atoms with E-state index in [9.17, 15) is 4.79 Å². The van der Waals surface area contributed by atoms with Gasteiger partial charge in [-0.15, -0.1) is 0 Å². The van der Waals surface area contributed by atoms with Gasteiger partial charge in [-0.25, -0.2) is 4.79 Å². The van der Waals surface area contributed by atoms with Crippen molar-refractivity contribution >= 4 is 34.5 Å². The molecule has 2 rings (SSSR count). The third kappa shape index (κ3) is 2.87. The lowest BCUT2D eigenvalue weighted by Gasteiger charge is -2.08. The van der Waals surface area contributed by atoms with Crippen LogP contribution >= 0.6 is 11.9 Å². The standard InChI is InChI=1S/C14H18N2O2S/c1-4-9-6-10-7-13(14(17)18-5-2)15-11(10)8-12(9)16-19-3/h6-8,15-16H,4-5H2,1-3H3. The van der Waals surface area contributed by atoms with Crippen molar-refractivity contribution in [2.45, 2.75) is 20.3 Å². The van der Waals surface area contributed by atoms with E-state index in [4.69, 9.17) is 4.74 Å². The SMILES string of the molecule is CCOC(=O)c1cc2cc(CC)c(NSC)cc2[nH]1. The van der Waals surface area contributed by atoms with Crippen LogP contribution in [0.4, 0.5) is 5.69 Å². The molecule has 0 aliphatic carbocycles. The monoisotopic (exact) mass is 278 g/mol. The van der Waals surface area contributed by atoms with Crippen LogP contribution in [0.5, 0.6) is 0 Å². The maximum atomic E-state index is 11.7. The summed E-state index contributed by atoms with van der Waals surface area (Å²) < 4.78 is 8.27. The molecule has 0 saturated heterocycles. The Morgan fingerprint density at radius 3 is 2.79 bits per heavy atom. The van der Waals surface area contributed by atoms with E-state index in [2.05, 4.69) is 22.7 Å². The number of H-pyrrole nitrogens is 1. The van der Waals surface area contributed by atoms with Gasteiger partial charge in [-0.05, 0) is 37.1 Å². The van der Waals surface area contributed by atoms with Crippen molar-refractivity contribution in [3.05, 3.63) is 29.5 Å². The third-order valence-corrected chi connectivity index (χ3v) is 3.36. The largest absolute Gasteiger partial charge is 0.461 e. The number of rotatable bonds is 5. The Balaban J connectivity index is 2.44. The van der Waals surface area contributed by atoms with E-state index in [0.717, 1.165) is 23.0 Å². The maximum absolute atomic E-state index is 11.7. The Hall–Kier alpha value is -1.62. The number of aromatic amines is 1. The van der Waals surface area contributed by atoms with Crippen LogP contribution in [0.3, 0.4) is 0 Å². The predicted octanol–water partition coefficient (Wildman–Crippen LogP) is 3.60. The number of benzene rings is 1. The quantitative estimate of drug-likeness (QED) is 0.648. The second-order valence-corrected chi connectivity index (χ2v) is 4.77. The molecule has 2 N–H and O–H groups in total. The van der Waals surface area contributed by atoms with Gasteiger partial charge in [0.25, 0.3) is 0 Å². The van der Waals surface area contributed by atoms with Crippen LogP contribution in [-0.2, 0) is 11.2 Å². The predicted molar refractivity (Wildman–Crippen MR) is 80.8 cm³/mol. The summed E-state index contributed by atoms with van der Waals surface area (Å²) in [5.41, 5.74) is 3.76. The molecular formula is C14H18N2O2S. The molecule has 0 spiro atoms. The topological polar surface area (TPSA) is 54.1 Å². The highest BCUT2D eigenvalue weighted by Gasteiger charge is 2.12. The molecule has 0 amide bonds. The van der Waals surface area contributed by atoms with E-state index in [1.165, 1.54) is 5.56 Å². The zero-order valence-electron chi connectivity index (χ0n) is 11.4. The van der Waals surface area contributed by atoms with Crippen LogP contribution in [-0.4, -0.2) is 23.8 Å². The molecule has 0 fully saturated rings. The number of hydrogen-bond donors (Lipinski definition) is 2. The van der Waals surface area contributed by atoms with Gasteiger partial charge in [-0.1, -0.05) is 18.9 Å². The van der Waals surface area contributed by atoms with E-state index in [0.29, 0.717) is 12.3 Å². The highest BCUT2D eigenvalue weighted by molar-refractivity contribution is 7.99. The Morgan fingerprint density at radius 2 is 2.16 bits per heavy atom. The van der Waals surface area contributed by atoms with Crippen molar-refractivity contribution in [3.8, 4) is 0 Å². The Bertz CT molecular complexity index is 592. The fraction of sp³-hybridized carbons (Fsp3) is 0.357. The minimum Gasteiger partial charge on any atom is -0.461 e. The van der Waals surface area contributed by atoms with Crippen LogP contribution in [0.2, 0.25) is 0 Å². The van der Waals surface area contributed by atoms with Gasteiger partial charge in [0.1, 0.15) is 5.69 Å². The second-order valence-electron chi connectivity index (χ2n) is 4.16. The summed E-state index contributed by atoms with van der Waals surface area (Å²) in [5, 5.41) is 1.03. The Labute approximate surface area is 117 Å². The van der Waals surface area contributed by atoms with Crippen molar-refractivity contribution in [1.29, 1.82) is 0 Å². The van der Waals surface area contributed by atoms with Gasteiger partial charge in [0.05, 0.1) is 6.61 Å². The fourth-order valence-corrected chi connectivity index (χ4v) is 2.45. The summed E-state index contributed by atoms with van der Waals surface area (Å²) in [6.45, 7) is 4.30. The molecule has 19 heavy (non-hydrogen) atoms. The summed E-state index contributed by atoms with van der Waals surface area (Å²) in [4.78, 5) is 14.8. The van der Waals surface area contributed by atoms with E-state index >= 15 is 0 Å². The van der Waals surface area contributed by atoms with E-state index in [1.807, 2.05) is 18.4 Å². The van der Waals surface area contributed by atoms with Crippen LogP contribution in [0.1, 0.15) is 29.9 Å². The Kier molecular flexibility index (Phi) is 4.37. The third-order valence-electron chi connectivity index (χ3n) is 2.93. The van der Waals surface area contributed by atoms with Crippen LogP contribution in [0.15, 0.2) is 18.2 Å². The lowest BCUT2D eigenvalue weighted by atomic mass is 10.1. The van der Waals surface area contributed by atoms with E-state index < -0.39 is 0 Å². The summed E-state index contributed by atoms with van der Waals surface area (Å²) in [6.07, 6.45) is 2.93. The van der Waals surface area contributed by atoms with E-state index in [1.54, 1.807) is 18.9 Å². The summed E-state index contributed by atoms with van der Waals surface area (Å²) in [5.74, 6) is -0.309. The molecule has 0 bridgehead atoms. The molecule has 4 nitrogen and oxygen atoms in total. The Morgan fingerprint density at radius 1 is 1.37 bits per heavy atom. The molecule has 0 saturated carbocycles. The van der Waals surface area contributed by atoms with Crippen molar-refractivity contribution < 1.29 is 9.53 Å². The molecule has 1 aromatic heterocycles. The highest BCUT2D eigenvalue weighted by atomic mass is 32.2. The second kappa shape index (κ2) is 6.02. The molecule has 1 heterocycles. The number of fused-ring (bicyclic) bond motifs is 1. The average Bonchev–Trinajstić information content (AvgIpc) is 2.81. The van der Waals surface area contributed by atoms with Gasteiger partial charge in [0.15, 0.2) is 0 Å². The number of carbonyl (C=O) groups excluding carboxylic acids is 1. The lowest BCUT2D eigenvalue weighted by Crippen LogP contribution is -2.04. The molecular weight excluding hydrogens is 260 g/mol. The first-order valence-corrected chi connectivity index (χ1v) is 7.53. The number of anilines is 1. The zero-order chi connectivity index (χ0) is 13.8. The minimum absolute atomic E-state index is 0.309. The molecule has 0 radical (unpaired) electrons. The highest BCUT2D eigenvalue weighted by Crippen LogP contribution is 2.26. The number of carbonyl (C=O) groups is 1. The lowest BCUT2D eigenvalue weighted by molar-refractivity contribution is 0.0520. The van der Waals surface area contributed by atoms with Crippen molar-refractivity contribution in [3.63, 3.8) is 0 Å². The molecule has 0 unspecified atom stereocenters. The minimum atomic E-state index is -0.309. The maximum Gasteiger partial charge on any atom is 0.354 e. The fourth-order valence-electron chi connectivity index (χ4n) is 2.04. The van der Waals surface area contributed by atoms with Gasteiger partial charge in [0, 0.05) is 22.8 Å². The summed E-state index contributed by atoms with van der Waals surface area (Å²) in [7, 11) is 0.